The van der Waals surface area contributed by atoms with Crippen LogP contribution in [0.2, 0.25) is 0 Å². The molecule has 1 aliphatic rings. The van der Waals surface area contributed by atoms with Gasteiger partial charge in [-0.3, -0.25) is 9.59 Å². The maximum atomic E-state index is 12.6. The maximum absolute atomic E-state index is 12.6. The van der Waals surface area contributed by atoms with Crippen LogP contribution in [0.3, 0.4) is 0 Å². The summed E-state index contributed by atoms with van der Waals surface area (Å²) in [7, 11) is 0. The quantitative estimate of drug-likeness (QED) is 0.842. The standard InChI is InChI=1S/C18H27N3O2/c1-4-18(5-2,12-19)17(23)20-15-10-11-21(16(15)22)14-8-6-13(3)7-9-14/h6-9,15H,4-5,10-12,19H2,1-3H3,(H,20,23). The van der Waals surface area contributed by atoms with Gasteiger partial charge >= 0.3 is 0 Å². The number of nitrogens with one attached hydrogen (secondary N) is 1. The maximum Gasteiger partial charge on any atom is 0.249 e. The van der Waals surface area contributed by atoms with Gasteiger partial charge in [0.1, 0.15) is 6.04 Å². The Kier molecular flexibility index (Phi) is 5.42. The number of aryl methyl sites for hydroxylation is 1. The summed E-state index contributed by atoms with van der Waals surface area (Å²) in [6.45, 7) is 6.87. The molecule has 2 amide bonds. The highest BCUT2D eigenvalue weighted by molar-refractivity contribution is 6.01. The van der Waals surface area contributed by atoms with Crippen molar-refractivity contribution in [2.45, 2.75) is 46.1 Å². The Morgan fingerprint density at radius 2 is 1.91 bits per heavy atom. The van der Waals surface area contributed by atoms with Crippen LogP contribution in [-0.2, 0) is 9.59 Å². The number of carbonyl (C=O) groups excluding carboxylic acids is 2. The number of amides is 2. The van der Waals surface area contributed by atoms with E-state index in [0.29, 0.717) is 32.4 Å². The van der Waals surface area contributed by atoms with Gasteiger partial charge in [0.05, 0.1) is 5.41 Å². The zero-order chi connectivity index (χ0) is 17.0. The molecule has 1 atom stereocenters. The lowest BCUT2D eigenvalue weighted by Gasteiger charge is -2.29. The van der Waals surface area contributed by atoms with E-state index < -0.39 is 11.5 Å². The Labute approximate surface area is 138 Å². The van der Waals surface area contributed by atoms with Gasteiger partial charge in [-0.25, -0.2) is 0 Å². The van der Waals surface area contributed by atoms with Gasteiger partial charge in [-0.1, -0.05) is 31.5 Å². The van der Waals surface area contributed by atoms with Crippen molar-refractivity contribution in [2.24, 2.45) is 11.1 Å². The molecule has 1 aliphatic heterocycles. The first kappa shape index (κ1) is 17.5. The molecule has 1 fully saturated rings. The van der Waals surface area contributed by atoms with E-state index in [1.165, 1.54) is 0 Å². The second-order valence-corrected chi connectivity index (χ2v) is 6.33. The minimum absolute atomic E-state index is 0.0414. The normalized spacial score (nSPS) is 18.3. The molecule has 2 rings (SSSR count). The molecule has 0 spiro atoms. The topological polar surface area (TPSA) is 75.4 Å². The third kappa shape index (κ3) is 3.39. The van der Waals surface area contributed by atoms with Crippen LogP contribution in [0.4, 0.5) is 5.69 Å². The Hall–Kier alpha value is -1.88. The first-order valence-electron chi connectivity index (χ1n) is 8.36. The molecular weight excluding hydrogens is 290 g/mol. The van der Waals surface area contributed by atoms with Crippen LogP contribution < -0.4 is 16.0 Å². The van der Waals surface area contributed by atoms with Crippen LogP contribution in [0.1, 0.15) is 38.7 Å². The predicted molar refractivity (Wildman–Crippen MR) is 92.1 cm³/mol. The summed E-state index contributed by atoms with van der Waals surface area (Å²) in [4.78, 5) is 26.9. The fourth-order valence-corrected chi connectivity index (χ4v) is 3.06. The molecule has 0 radical (unpaired) electrons. The fraction of sp³-hybridized carbons (Fsp3) is 0.556. The first-order valence-corrected chi connectivity index (χ1v) is 8.36. The number of nitrogens with two attached hydrogens (primary N) is 1. The highest BCUT2D eigenvalue weighted by Crippen LogP contribution is 2.27. The molecule has 1 saturated heterocycles. The Morgan fingerprint density at radius 3 is 2.43 bits per heavy atom. The zero-order valence-electron chi connectivity index (χ0n) is 14.3. The largest absolute Gasteiger partial charge is 0.344 e. The van der Waals surface area contributed by atoms with Crippen molar-refractivity contribution in [1.82, 2.24) is 5.32 Å². The van der Waals surface area contributed by atoms with E-state index in [0.717, 1.165) is 11.3 Å². The molecule has 5 nitrogen and oxygen atoms in total. The predicted octanol–water partition coefficient (Wildman–Crippen LogP) is 1.98. The van der Waals surface area contributed by atoms with E-state index >= 15 is 0 Å². The molecule has 1 heterocycles. The van der Waals surface area contributed by atoms with Crippen molar-refractivity contribution in [3.05, 3.63) is 29.8 Å². The number of rotatable bonds is 6. The molecule has 0 aliphatic carbocycles. The van der Waals surface area contributed by atoms with Crippen LogP contribution in [0, 0.1) is 12.3 Å². The first-order chi connectivity index (χ1) is 11.0. The zero-order valence-corrected chi connectivity index (χ0v) is 14.3. The molecule has 3 N–H and O–H groups in total. The average Bonchev–Trinajstić information content (AvgIpc) is 2.91. The Bertz CT molecular complexity index is 556. The van der Waals surface area contributed by atoms with Crippen LogP contribution in [-0.4, -0.2) is 30.9 Å². The lowest BCUT2D eigenvalue weighted by molar-refractivity contribution is -0.134. The third-order valence-corrected chi connectivity index (χ3v) is 5.08. The van der Waals surface area contributed by atoms with E-state index in [2.05, 4.69) is 5.32 Å². The SMILES string of the molecule is CCC(CC)(CN)C(=O)NC1CCN(c2ccc(C)cc2)C1=O. The van der Waals surface area contributed by atoms with Gasteiger partial charge in [0.15, 0.2) is 0 Å². The van der Waals surface area contributed by atoms with Gasteiger partial charge in [-0.2, -0.15) is 0 Å². The average molecular weight is 317 g/mol. The lowest BCUT2D eigenvalue weighted by atomic mass is 9.81. The highest BCUT2D eigenvalue weighted by atomic mass is 16.2. The van der Waals surface area contributed by atoms with Crippen LogP contribution >= 0.6 is 0 Å². The minimum atomic E-state index is -0.572. The summed E-state index contributed by atoms with van der Waals surface area (Å²) in [5, 5.41) is 2.92. The molecule has 23 heavy (non-hydrogen) atoms. The van der Waals surface area contributed by atoms with E-state index in [1.807, 2.05) is 45.0 Å². The van der Waals surface area contributed by atoms with E-state index in [1.54, 1.807) is 4.90 Å². The number of anilines is 1. The monoisotopic (exact) mass is 317 g/mol. The summed E-state index contributed by atoms with van der Waals surface area (Å²) in [5.74, 6) is -0.144. The van der Waals surface area contributed by atoms with Crippen LogP contribution in [0.5, 0.6) is 0 Å². The second-order valence-electron chi connectivity index (χ2n) is 6.33. The van der Waals surface area contributed by atoms with Crippen molar-refractivity contribution >= 4 is 17.5 Å². The number of hydrogen-bond acceptors (Lipinski definition) is 3. The summed E-state index contributed by atoms with van der Waals surface area (Å²) in [6, 6.07) is 7.41. The molecule has 126 valence electrons. The van der Waals surface area contributed by atoms with Gasteiger partial charge in [-0.15, -0.1) is 0 Å². The number of hydrogen-bond donors (Lipinski definition) is 2. The van der Waals surface area contributed by atoms with Gasteiger partial charge in [0.25, 0.3) is 0 Å². The van der Waals surface area contributed by atoms with Crippen molar-refractivity contribution in [1.29, 1.82) is 0 Å². The summed E-state index contributed by atoms with van der Waals surface area (Å²) >= 11 is 0. The van der Waals surface area contributed by atoms with Crippen molar-refractivity contribution in [3.63, 3.8) is 0 Å². The summed E-state index contributed by atoms with van der Waals surface area (Å²) < 4.78 is 0. The smallest absolute Gasteiger partial charge is 0.249 e. The van der Waals surface area contributed by atoms with Crippen molar-refractivity contribution in [2.75, 3.05) is 18.0 Å². The van der Waals surface area contributed by atoms with Gasteiger partial charge in [0.2, 0.25) is 11.8 Å². The van der Waals surface area contributed by atoms with Crippen molar-refractivity contribution < 1.29 is 9.59 Å². The van der Waals surface area contributed by atoms with Gasteiger partial charge in [-0.05, 0) is 38.3 Å². The number of nitrogens with zero attached hydrogens (tertiary/aromatic N) is 1. The van der Waals surface area contributed by atoms with E-state index in [-0.39, 0.29) is 11.8 Å². The summed E-state index contributed by atoms with van der Waals surface area (Å²) in [6.07, 6.45) is 1.98. The molecular formula is C18H27N3O2. The molecule has 0 bridgehead atoms. The highest BCUT2D eigenvalue weighted by Gasteiger charge is 2.39. The van der Waals surface area contributed by atoms with Crippen molar-refractivity contribution in [3.8, 4) is 0 Å². The van der Waals surface area contributed by atoms with Crippen LogP contribution in [0.25, 0.3) is 0 Å². The van der Waals surface area contributed by atoms with E-state index in [9.17, 15) is 9.59 Å². The second kappa shape index (κ2) is 7.13. The molecule has 0 saturated carbocycles. The molecule has 1 aromatic rings. The molecule has 5 heteroatoms. The lowest BCUT2D eigenvalue weighted by Crippen LogP contribution is -2.51. The molecule has 1 aromatic carbocycles. The Balaban J connectivity index is 2.07. The minimum Gasteiger partial charge on any atom is -0.344 e. The third-order valence-electron chi connectivity index (χ3n) is 5.08. The van der Waals surface area contributed by atoms with Crippen LogP contribution in [0.15, 0.2) is 24.3 Å². The number of benzene rings is 1. The van der Waals surface area contributed by atoms with Gasteiger partial charge < -0.3 is 16.0 Å². The Morgan fingerprint density at radius 1 is 1.30 bits per heavy atom. The number of carbonyl (C=O) groups is 2. The van der Waals surface area contributed by atoms with Gasteiger partial charge in [0, 0.05) is 18.8 Å². The molecule has 1 unspecified atom stereocenters. The fourth-order valence-electron chi connectivity index (χ4n) is 3.06. The molecule has 0 aromatic heterocycles. The summed E-state index contributed by atoms with van der Waals surface area (Å²) in [5.41, 5.74) is 7.28. The van der Waals surface area contributed by atoms with E-state index in [4.69, 9.17) is 5.73 Å².